The summed E-state index contributed by atoms with van der Waals surface area (Å²) in [6.45, 7) is 0. The van der Waals surface area contributed by atoms with Gasteiger partial charge in [0.15, 0.2) is 0 Å². The quantitative estimate of drug-likeness (QED) is 0.149. The molecule has 0 N–H and O–H groups in total. The molecule has 2 aliphatic carbocycles. The van der Waals surface area contributed by atoms with Gasteiger partial charge in [0.25, 0.3) is 0 Å². The van der Waals surface area contributed by atoms with E-state index >= 15 is 0 Å². The zero-order chi connectivity index (χ0) is 70.4. The number of hydrogen-bond acceptors (Lipinski definition) is 4. The summed E-state index contributed by atoms with van der Waals surface area (Å²) in [6, 6.07) is 115. The van der Waals surface area contributed by atoms with E-state index in [9.17, 15) is 0 Å². The normalized spacial score (nSPS) is 13.8. The zero-order valence-corrected chi connectivity index (χ0v) is 58.6. The van der Waals surface area contributed by atoms with E-state index in [1.807, 2.05) is 18.2 Å². The van der Waals surface area contributed by atoms with Crippen molar-refractivity contribution >= 4 is 176 Å². The molecule has 108 heavy (non-hydrogen) atoms. The first-order valence-electron chi connectivity index (χ1n) is 37.7. The Morgan fingerprint density at radius 1 is 0.231 bits per heavy atom. The average molecular weight is 1380 g/mol. The summed E-state index contributed by atoms with van der Waals surface area (Å²) in [7, 11) is 0. The van der Waals surface area contributed by atoms with Crippen molar-refractivity contribution in [3.05, 3.63) is 336 Å². The fourth-order valence-electron chi connectivity index (χ4n) is 19.0. The smallest absolute Gasteiger partial charge is 0.143 e. The third kappa shape index (κ3) is 8.86. The minimum absolute atomic E-state index is 0.152. The van der Waals surface area contributed by atoms with Crippen LogP contribution >= 0.6 is 0 Å². The van der Waals surface area contributed by atoms with Gasteiger partial charge in [0.1, 0.15) is 44.5 Å². The lowest BCUT2D eigenvalue weighted by atomic mass is 9.83. The highest BCUT2D eigenvalue weighted by molar-refractivity contribution is 6.26. The van der Waals surface area contributed by atoms with E-state index in [1.54, 1.807) is 0 Å². The highest BCUT2D eigenvalue weighted by Gasteiger charge is 2.25. The molecule has 4 aromatic heterocycles. The molecule has 0 spiro atoms. The minimum atomic E-state index is 0.152. The topological polar surface area (TPSA) is 52.6 Å². The van der Waals surface area contributed by atoms with Gasteiger partial charge >= 0.3 is 0 Å². The molecule has 0 radical (unpaired) electrons. The Balaban J connectivity index is 0.652. The Hall–Kier alpha value is -13.8. The molecule has 0 saturated carbocycles. The Morgan fingerprint density at radius 2 is 0.778 bits per heavy atom. The van der Waals surface area contributed by atoms with Crippen molar-refractivity contribution in [2.45, 2.75) is 25.2 Å². The van der Waals surface area contributed by atoms with Gasteiger partial charge in [-0.25, -0.2) is 0 Å². The third-order valence-corrected chi connectivity index (χ3v) is 23.9. The highest BCUT2D eigenvalue weighted by atomic mass is 16.3. The molecule has 4 nitrogen and oxygen atoms in total. The van der Waals surface area contributed by atoms with Gasteiger partial charge in [0, 0.05) is 54.4 Å². The highest BCUT2D eigenvalue weighted by Crippen LogP contribution is 2.49. The van der Waals surface area contributed by atoms with E-state index in [-0.39, 0.29) is 5.92 Å². The molecule has 0 saturated heterocycles. The fraction of sp³-hybridized carbons (Fsp3) is 0.0385. The van der Waals surface area contributed by atoms with E-state index < -0.39 is 0 Å². The van der Waals surface area contributed by atoms with Crippen molar-refractivity contribution in [2.24, 2.45) is 0 Å². The Morgan fingerprint density at radius 3 is 1.56 bits per heavy atom. The van der Waals surface area contributed by atoms with Crippen LogP contribution in [0.5, 0.6) is 0 Å². The van der Waals surface area contributed by atoms with Gasteiger partial charge in [0.05, 0.1) is 0 Å². The van der Waals surface area contributed by atoms with Crippen molar-refractivity contribution < 1.29 is 17.7 Å². The molecule has 4 heteroatoms. The van der Waals surface area contributed by atoms with Gasteiger partial charge in [-0.2, -0.15) is 0 Å². The summed E-state index contributed by atoms with van der Waals surface area (Å²) >= 11 is 0. The van der Waals surface area contributed by atoms with E-state index in [1.165, 1.54) is 114 Å². The maximum Gasteiger partial charge on any atom is 0.143 e. The van der Waals surface area contributed by atoms with Crippen LogP contribution in [-0.4, -0.2) is 0 Å². The minimum Gasteiger partial charge on any atom is -0.456 e. The van der Waals surface area contributed by atoms with Gasteiger partial charge < -0.3 is 17.7 Å². The number of fused-ring (bicyclic) bond motifs is 21. The first-order chi connectivity index (χ1) is 53.5. The average Bonchev–Trinajstić information content (AvgIpc) is 1.52. The van der Waals surface area contributed by atoms with Gasteiger partial charge in [-0.3, -0.25) is 0 Å². The van der Waals surface area contributed by atoms with Crippen LogP contribution in [0.15, 0.2) is 327 Å². The number of furan rings is 4. The van der Waals surface area contributed by atoms with Crippen LogP contribution in [0.4, 0.5) is 0 Å². The predicted octanol–water partition coefficient (Wildman–Crippen LogP) is 26.3. The molecule has 0 bridgehead atoms. The predicted molar refractivity (Wildman–Crippen MR) is 453 cm³/mol. The van der Waals surface area contributed by atoms with Crippen LogP contribution in [0, 0.1) is 0 Å². The molecule has 0 aliphatic heterocycles. The van der Waals surface area contributed by atoms with Crippen LogP contribution in [0.3, 0.4) is 0 Å². The van der Waals surface area contributed by atoms with E-state index in [0.717, 1.165) is 150 Å². The largest absolute Gasteiger partial charge is 0.456 e. The van der Waals surface area contributed by atoms with E-state index in [2.05, 4.69) is 315 Å². The first-order valence-corrected chi connectivity index (χ1v) is 37.7. The molecular weight excluding hydrogens is 1310 g/mol. The Bertz CT molecular complexity index is 7990. The summed E-state index contributed by atoms with van der Waals surface area (Å²) in [5.41, 5.74) is 22.6. The monoisotopic (exact) mass is 1370 g/mol. The maximum atomic E-state index is 7.35. The molecule has 502 valence electrons. The SMILES string of the molecule is C1=c2oc3cc4cc5oc6ccccc6c5cc4cc3c2=CC(c2cccc(-c3c4ccccc4c(-c4cccc5cc(-c6cc(-c7cccc(-c8c9c(c(-c%10cccc%11ccccc%10%11)c%10ccccc8%10)=CCCC=9)c7)cc7c6oc6cc8c(ccc9oc%10ccccc%10c98)cc67)ccc45)c4ccccc34)c2)C1. The molecule has 18 aromatic carbocycles. The van der Waals surface area contributed by atoms with Gasteiger partial charge in [0.2, 0.25) is 0 Å². The standard InChI is InChI=1S/C104H62O4/c1-2-26-71-59(19-1)20-17-37-74(71)101-80-32-7-3-28-76(80)100(77-29-4-8-33-81(77)101)67-25-16-22-61(48-67)68-52-86(104-91(55-68)90-51-65-43-46-95-103(85(65)58-98(90)108-104)84-36-12-14-40-93(84)105-95)64-41-44-72-63(49-64)23-18-38-75(72)102-82-34-9-5-30-78(82)99(79-31-6-10-35-83(79)102)66-24-15-21-60(47-66)62-42-45-94-88(50-62)89-54-69-53-87-73-27-11-13-39-92(73)106-96(87)56-70(69)57-97(89)107-94/h1-3,5-7,9-41,43-58,62H,4,8,42H2. The molecule has 1 unspecified atom stereocenters. The molecule has 0 amide bonds. The Labute approximate surface area is 618 Å². The molecule has 4 heterocycles. The van der Waals surface area contributed by atoms with Crippen LogP contribution in [0.25, 0.3) is 243 Å². The van der Waals surface area contributed by atoms with Crippen molar-refractivity contribution in [3.8, 4) is 66.8 Å². The van der Waals surface area contributed by atoms with Crippen LogP contribution in [0.1, 0.15) is 30.7 Å². The summed E-state index contributed by atoms with van der Waals surface area (Å²) in [4.78, 5) is 0. The lowest BCUT2D eigenvalue weighted by Gasteiger charge is -2.20. The summed E-state index contributed by atoms with van der Waals surface area (Å²) < 4.78 is 26.8. The lowest BCUT2D eigenvalue weighted by Crippen LogP contribution is -2.31. The first kappa shape index (κ1) is 59.6. The molecular formula is C104H62O4. The number of benzene rings is 18. The summed E-state index contributed by atoms with van der Waals surface area (Å²) in [6.07, 6.45) is 12.5. The zero-order valence-electron chi connectivity index (χ0n) is 58.6. The fourth-order valence-corrected chi connectivity index (χ4v) is 19.0. The summed E-state index contributed by atoms with van der Waals surface area (Å²) in [5.74, 6) is 0.152. The Kier molecular flexibility index (Phi) is 12.6. The van der Waals surface area contributed by atoms with Gasteiger partial charge in [-0.1, -0.05) is 249 Å². The second-order valence-corrected chi connectivity index (χ2v) is 29.8. The van der Waals surface area contributed by atoms with Crippen LogP contribution in [-0.2, 0) is 0 Å². The van der Waals surface area contributed by atoms with Gasteiger partial charge in [-0.15, -0.1) is 0 Å². The number of rotatable bonds is 7. The van der Waals surface area contributed by atoms with E-state index in [4.69, 9.17) is 17.7 Å². The second kappa shape index (κ2) is 22.9. The van der Waals surface area contributed by atoms with Crippen molar-refractivity contribution in [2.75, 3.05) is 0 Å². The third-order valence-electron chi connectivity index (χ3n) is 23.9. The number of para-hydroxylation sites is 2. The maximum absolute atomic E-state index is 7.35. The molecule has 2 aliphatic rings. The number of hydrogen-bond donors (Lipinski definition) is 0. The van der Waals surface area contributed by atoms with Crippen LogP contribution in [0.2, 0.25) is 0 Å². The molecule has 1 atom stereocenters. The van der Waals surface area contributed by atoms with Crippen molar-refractivity contribution in [1.29, 1.82) is 0 Å². The second-order valence-electron chi connectivity index (χ2n) is 29.8. The molecule has 0 fully saturated rings. The van der Waals surface area contributed by atoms with Crippen molar-refractivity contribution in [1.82, 2.24) is 0 Å². The van der Waals surface area contributed by atoms with Crippen LogP contribution < -0.4 is 21.1 Å². The van der Waals surface area contributed by atoms with Crippen molar-refractivity contribution in [3.63, 3.8) is 0 Å². The summed E-state index contributed by atoms with van der Waals surface area (Å²) in [5, 5.41) is 28.3. The van der Waals surface area contributed by atoms with E-state index in [0.29, 0.717) is 0 Å². The molecule has 24 rings (SSSR count). The molecule has 22 aromatic rings. The lowest BCUT2D eigenvalue weighted by molar-refractivity contribution is 0.570. The van der Waals surface area contributed by atoms with Gasteiger partial charge in [-0.05, 0) is 257 Å².